The molecule has 7 heteroatoms. The van der Waals surface area contributed by atoms with Crippen molar-refractivity contribution >= 4 is 27.5 Å². The maximum Gasteiger partial charge on any atom is 0.233 e. The van der Waals surface area contributed by atoms with Gasteiger partial charge in [0.15, 0.2) is 0 Å². The van der Waals surface area contributed by atoms with E-state index in [1.807, 2.05) is 0 Å². The first kappa shape index (κ1) is 15.8. The zero-order chi connectivity index (χ0) is 15.3. The highest BCUT2D eigenvalue weighted by Crippen LogP contribution is 2.19. The molecular weight excluding hydrogens is 316 g/mol. The number of anilines is 1. The molecule has 21 heavy (non-hydrogen) atoms. The number of hydrogen-bond donors (Lipinski definition) is 1. The highest BCUT2D eigenvalue weighted by Gasteiger charge is 2.10. The number of hydrogen-bond acceptors (Lipinski definition) is 3. The van der Waals surface area contributed by atoms with E-state index >= 15 is 0 Å². The largest absolute Gasteiger partial charge is 0.284 e. The minimum atomic E-state index is -3.49. The molecule has 2 rings (SSSR count). The summed E-state index contributed by atoms with van der Waals surface area (Å²) in [5.41, 5.74) is 0.322. The Labute approximate surface area is 126 Å². The summed E-state index contributed by atoms with van der Waals surface area (Å²) in [5.74, 6) is -0.510. The zero-order valence-electron chi connectivity index (χ0n) is 10.9. The number of nitrogens with one attached hydrogen (secondary N) is 1. The number of sulfonamides is 1. The van der Waals surface area contributed by atoms with Crippen LogP contribution in [0.5, 0.6) is 0 Å². The summed E-state index contributed by atoms with van der Waals surface area (Å²) >= 11 is 1.32. The smallest absolute Gasteiger partial charge is 0.233 e. The summed E-state index contributed by atoms with van der Waals surface area (Å²) in [6.07, 6.45) is 0. The van der Waals surface area contributed by atoms with Gasteiger partial charge in [-0.1, -0.05) is 0 Å². The predicted molar refractivity (Wildman–Crippen MR) is 80.9 cm³/mol. The number of thioether (sulfide) groups is 1. The van der Waals surface area contributed by atoms with E-state index in [2.05, 4.69) is 4.72 Å². The van der Waals surface area contributed by atoms with Gasteiger partial charge in [0.25, 0.3) is 0 Å². The maximum atomic E-state index is 12.7. The molecule has 0 heterocycles. The molecule has 3 nitrogen and oxygen atoms in total. The van der Waals surface area contributed by atoms with Crippen molar-refractivity contribution in [2.45, 2.75) is 4.90 Å². The van der Waals surface area contributed by atoms with Gasteiger partial charge in [0, 0.05) is 16.3 Å². The van der Waals surface area contributed by atoms with Gasteiger partial charge in [-0.25, -0.2) is 17.2 Å². The Bertz CT molecular complexity index is 686. The molecule has 112 valence electrons. The van der Waals surface area contributed by atoms with Gasteiger partial charge in [-0.05, 0) is 48.5 Å². The van der Waals surface area contributed by atoms with Crippen LogP contribution >= 0.6 is 11.8 Å². The molecule has 1 N–H and O–H groups in total. The second kappa shape index (κ2) is 6.91. The van der Waals surface area contributed by atoms with E-state index in [0.29, 0.717) is 11.4 Å². The summed E-state index contributed by atoms with van der Waals surface area (Å²) in [6, 6.07) is 10.9. The molecule has 2 aromatic rings. The SMILES string of the molecule is O=S(=O)(CCSc1ccc(F)cc1)Nc1ccc(F)cc1. The van der Waals surface area contributed by atoms with Crippen molar-refractivity contribution in [2.75, 3.05) is 16.2 Å². The molecule has 0 aliphatic carbocycles. The van der Waals surface area contributed by atoms with Gasteiger partial charge in [0.1, 0.15) is 11.6 Å². The Balaban J connectivity index is 1.86. The molecular formula is C14H13F2NO2S2. The molecule has 0 radical (unpaired) electrons. The molecule has 0 amide bonds. The summed E-state index contributed by atoms with van der Waals surface area (Å²) in [5, 5.41) is 0. The number of halogens is 2. The van der Waals surface area contributed by atoms with Crippen LogP contribution in [0.25, 0.3) is 0 Å². The molecule has 0 aromatic heterocycles. The topological polar surface area (TPSA) is 46.2 Å². The van der Waals surface area contributed by atoms with E-state index in [1.165, 1.54) is 48.2 Å². The zero-order valence-corrected chi connectivity index (χ0v) is 12.6. The van der Waals surface area contributed by atoms with Gasteiger partial charge in [0.2, 0.25) is 10.0 Å². The molecule has 0 atom stereocenters. The average molecular weight is 329 g/mol. The molecule has 0 aliphatic rings. The van der Waals surface area contributed by atoms with E-state index < -0.39 is 15.8 Å². The second-order valence-electron chi connectivity index (χ2n) is 4.23. The van der Waals surface area contributed by atoms with Crippen LogP contribution in [-0.4, -0.2) is 19.9 Å². The van der Waals surface area contributed by atoms with Crippen LogP contribution in [0.2, 0.25) is 0 Å². The van der Waals surface area contributed by atoms with Gasteiger partial charge in [0.05, 0.1) is 5.75 Å². The second-order valence-corrected chi connectivity index (χ2v) is 7.24. The van der Waals surface area contributed by atoms with Crippen LogP contribution < -0.4 is 4.72 Å². The van der Waals surface area contributed by atoms with Crippen LogP contribution in [0.4, 0.5) is 14.5 Å². The van der Waals surface area contributed by atoms with E-state index in [1.54, 1.807) is 12.1 Å². The minimum Gasteiger partial charge on any atom is -0.284 e. The lowest BCUT2D eigenvalue weighted by Gasteiger charge is -2.07. The van der Waals surface area contributed by atoms with Gasteiger partial charge >= 0.3 is 0 Å². The Kier molecular flexibility index (Phi) is 5.19. The minimum absolute atomic E-state index is 0.0909. The van der Waals surface area contributed by atoms with Crippen LogP contribution in [0.3, 0.4) is 0 Å². The van der Waals surface area contributed by atoms with Crippen LogP contribution in [0, 0.1) is 11.6 Å². The first-order chi connectivity index (χ1) is 9.94. The first-order valence-corrected chi connectivity index (χ1v) is 8.73. The lowest BCUT2D eigenvalue weighted by atomic mass is 10.3. The average Bonchev–Trinajstić information content (AvgIpc) is 2.43. The summed E-state index contributed by atoms with van der Waals surface area (Å²) in [6.45, 7) is 0. The van der Waals surface area contributed by atoms with Crippen molar-refractivity contribution in [1.29, 1.82) is 0 Å². The third-order valence-electron chi connectivity index (χ3n) is 2.55. The molecule has 0 saturated heterocycles. The van der Waals surface area contributed by atoms with Crippen LogP contribution in [-0.2, 0) is 10.0 Å². The van der Waals surface area contributed by atoms with Crippen molar-refractivity contribution in [3.05, 3.63) is 60.2 Å². The summed E-state index contributed by atoms with van der Waals surface area (Å²) in [4.78, 5) is 0.799. The van der Waals surface area contributed by atoms with E-state index in [4.69, 9.17) is 0 Å². The van der Waals surface area contributed by atoms with Crippen molar-refractivity contribution in [1.82, 2.24) is 0 Å². The van der Waals surface area contributed by atoms with Crippen LogP contribution in [0.15, 0.2) is 53.4 Å². The van der Waals surface area contributed by atoms with Crippen molar-refractivity contribution in [2.24, 2.45) is 0 Å². The van der Waals surface area contributed by atoms with E-state index in [-0.39, 0.29) is 11.6 Å². The lowest BCUT2D eigenvalue weighted by molar-refractivity contribution is 0.602. The van der Waals surface area contributed by atoms with E-state index in [9.17, 15) is 17.2 Å². The third kappa shape index (κ3) is 5.35. The monoisotopic (exact) mass is 329 g/mol. The van der Waals surface area contributed by atoms with Crippen LogP contribution in [0.1, 0.15) is 0 Å². The molecule has 2 aromatic carbocycles. The van der Waals surface area contributed by atoms with Crippen molar-refractivity contribution in [3.8, 4) is 0 Å². The van der Waals surface area contributed by atoms with Crippen molar-refractivity contribution < 1.29 is 17.2 Å². The normalized spacial score (nSPS) is 11.3. The van der Waals surface area contributed by atoms with E-state index in [0.717, 1.165) is 4.90 Å². The molecule has 0 spiro atoms. The summed E-state index contributed by atoms with van der Waals surface area (Å²) < 4.78 is 51.5. The number of benzene rings is 2. The lowest BCUT2D eigenvalue weighted by Crippen LogP contribution is -2.18. The maximum absolute atomic E-state index is 12.7. The Morgan fingerprint density at radius 1 is 0.905 bits per heavy atom. The molecule has 0 saturated carbocycles. The molecule has 0 unspecified atom stereocenters. The molecule has 0 bridgehead atoms. The highest BCUT2D eigenvalue weighted by atomic mass is 32.2. The standard InChI is InChI=1S/C14H13F2NO2S2/c15-11-1-5-13(6-2-11)17-21(18,19)10-9-20-14-7-3-12(16)4-8-14/h1-8,17H,9-10H2. The Morgan fingerprint density at radius 2 is 1.43 bits per heavy atom. The quantitative estimate of drug-likeness (QED) is 0.825. The van der Waals surface area contributed by atoms with Gasteiger partial charge in [-0.2, -0.15) is 0 Å². The third-order valence-corrected chi connectivity index (χ3v) is 5.11. The van der Waals surface area contributed by atoms with Gasteiger partial charge in [-0.15, -0.1) is 11.8 Å². The van der Waals surface area contributed by atoms with Gasteiger partial charge < -0.3 is 0 Å². The Hall–Kier alpha value is -1.60. The van der Waals surface area contributed by atoms with Gasteiger partial charge in [-0.3, -0.25) is 4.72 Å². The highest BCUT2D eigenvalue weighted by molar-refractivity contribution is 8.01. The fourth-order valence-electron chi connectivity index (χ4n) is 1.55. The molecule has 0 aliphatic heterocycles. The molecule has 0 fully saturated rings. The number of rotatable bonds is 6. The fraction of sp³-hybridized carbons (Fsp3) is 0.143. The van der Waals surface area contributed by atoms with Crippen molar-refractivity contribution in [3.63, 3.8) is 0 Å². The Morgan fingerprint density at radius 3 is 2.00 bits per heavy atom. The fourth-order valence-corrected chi connectivity index (χ4v) is 3.92. The summed E-state index contributed by atoms with van der Waals surface area (Å²) in [7, 11) is -3.49. The first-order valence-electron chi connectivity index (χ1n) is 6.09. The predicted octanol–water partition coefficient (Wildman–Crippen LogP) is 3.50.